The lowest BCUT2D eigenvalue weighted by atomic mass is 10.2. The molecule has 18 heavy (non-hydrogen) atoms. The van der Waals surface area contributed by atoms with Crippen molar-refractivity contribution in [2.45, 2.75) is 34.6 Å². The van der Waals surface area contributed by atoms with E-state index in [4.69, 9.17) is 4.74 Å². The molecule has 0 aliphatic carbocycles. The van der Waals surface area contributed by atoms with Gasteiger partial charge in [-0.25, -0.2) is 0 Å². The van der Waals surface area contributed by atoms with E-state index in [1.54, 1.807) is 0 Å². The van der Waals surface area contributed by atoms with Crippen molar-refractivity contribution in [1.29, 1.82) is 0 Å². The van der Waals surface area contributed by atoms with E-state index < -0.39 is 0 Å². The molecular formula is C14H30N2O2. The first kappa shape index (κ1) is 19.5. The van der Waals surface area contributed by atoms with Crippen molar-refractivity contribution in [3.05, 3.63) is 12.2 Å². The van der Waals surface area contributed by atoms with Gasteiger partial charge in [0.05, 0.1) is 13.2 Å². The molecule has 0 aromatic rings. The Hall–Kier alpha value is -0.870. The number of rotatable bonds is 4. The maximum absolute atomic E-state index is 11.3. The molecule has 1 fully saturated rings. The van der Waals surface area contributed by atoms with Crippen molar-refractivity contribution < 1.29 is 9.53 Å². The standard InChI is InChI=1S/C10H18N2O2.2C2H6/c1-3-11-10(13)9(2)8-12-4-6-14-7-5-12;2*1-2/h2-8H2,1H3,(H,11,13);2*1-2H3. The summed E-state index contributed by atoms with van der Waals surface area (Å²) in [4.78, 5) is 13.5. The molecule has 1 N–H and O–H groups in total. The Kier molecular flexibility index (Phi) is 15.4. The fraction of sp³-hybridized carbons (Fsp3) is 0.786. The quantitative estimate of drug-likeness (QED) is 0.785. The van der Waals surface area contributed by atoms with Gasteiger partial charge in [-0.3, -0.25) is 9.69 Å². The Morgan fingerprint density at radius 1 is 1.22 bits per heavy atom. The molecule has 4 nitrogen and oxygen atoms in total. The van der Waals surface area contributed by atoms with E-state index in [-0.39, 0.29) is 5.91 Å². The molecule has 1 saturated heterocycles. The van der Waals surface area contributed by atoms with Crippen LogP contribution in [0.1, 0.15) is 34.6 Å². The molecule has 0 aromatic carbocycles. The molecule has 1 amide bonds. The Bertz CT molecular complexity index is 212. The van der Waals surface area contributed by atoms with Gasteiger partial charge in [-0.1, -0.05) is 34.3 Å². The average molecular weight is 258 g/mol. The smallest absolute Gasteiger partial charge is 0.247 e. The maximum Gasteiger partial charge on any atom is 0.247 e. The summed E-state index contributed by atoms with van der Waals surface area (Å²) in [5, 5.41) is 2.74. The van der Waals surface area contributed by atoms with E-state index in [2.05, 4.69) is 16.8 Å². The van der Waals surface area contributed by atoms with Gasteiger partial charge in [0.1, 0.15) is 0 Å². The van der Waals surface area contributed by atoms with Crippen LogP contribution < -0.4 is 5.32 Å². The zero-order valence-corrected chi connectivity index (χ0v) is 12.7. The molecule has 1 rings (SSSR count). The van der Waals surface area contributed by atoms with Crippen molar-refractivity contribution >= 4 is 5.91 Å². The summed E-state index contributed by atoms with van der Waals surface area (Å²) >= 11 is 0. The minimum atomic E-state index is -0.0426. The molecule has 1 aliphatic heterocycles. The van der Waals surface area contributed by atoms with Crippen LogP contribution in [0.15, 0.2) is 12.2 Å². The van der Waals surface area contributed by atoms with Crippen LogP contribution in [-0.4, -0.2) is 50.2 Å². The molecule has 0 atom stereocenters. The monoisotopic (exact) mass is 258 g/mol. The third-order valence-electron chi connectivity index (χ3n) is 2.18. The molecule has 1 aliphatic rings. The number of ether oxygens (including phenoxy) is 1. The number of amides is 1. The van der Waals surface area contributed by atoms with Crippen LogP contribution in [0.3, 0.4) is 0 Å². The van der Waals surface area contributed by atoms with Crippen LogP contribution in [0.4, 0.5) is 0 Å². The second-order valence-corrected chi connectivity index (χ2v) is 3.35. The van der Waals surface area contributed by atoms with E-state index >= 15 is 0 Å². The van der Waals surface area contributed by atoms with Crippen molar-refractivity contribution in [3.63, 3.8) is 0 Å². The van der Waals surface area contributed by atoms with Crippen LogP contribution >= 0.6 is 0 Å². The van der Waals surface area contributed by atoms with E-state index in [1.807, 2.05) is 34.6 Å². The van der Waals surface area contributed by atoms with Gasteiger partial charge in [0.25, 0.3) is 0 Å². The van der Waals surface area contributed by atoms with Crippen LogP contribution in [0.25, 0.3) is 0 Å². The molecule has 0 aromatic heterocycles. The summed E-state index contributed by atoms with van der Waals surface area (Å²) in [6.07, 6.45) is 0. The lowest BCUT2D eigenvalue weighted by Crippen LogP contribution is -2.39. The van der Waals surface area contributed by atoms with Gasteiger partial charge in [-0.05, 0) is 6.92 Å². The van der Waals surface area contributed by atoms with Crippen LogP contribution in [0.5, 0.6) is 0 Å². The van der Waals surface area contributed by atoms with E-state index in [0.717, 1.165) is 26.3 Å². The molecule has 0 bridgehead atoms. The molecule has 0 saturated carbocycles. The van der Waals surface area contributed by atoms with Crippen LogP contribution in [0.2, 0.25) is 0 Å². The molecule has 0 spiro atoms. The first-order valence-electron chi connectivity index (χ1n) is 7.00. The summed E-state index contributed by atoms with van der Waals surface area (Å²) in [6, 6.07) is 0. The fourth-order valence-electron chi connectivity index (χ4n) is 1.39. The maximum atomic E-state index is 11.3. The normalized spacial score (nSPS) is 14.5. The number of hydrogen-bond acceptors (Lipinski definition) is 3. The lowest BCUT2D eigenvalue weighted by Gasteiger charge is -2.26. The van der Waals surface area contributed by atoms with Crippen LogP contribution in [0, 0.1) is 0 Å². The first-order valence-corrected chi connectivity index (χ1v) is 7.00. The molecule has 108 valence electrons. The number of carbonyl (C=O) groups excluding carboxylic acids is 1. The van der Waals surface area contributed by atoms with Crippen molar-refractivity contribution in [2.75, 3.05) is 39.4 Å². The third-order valence-corrected chi connectivity index (χ3v) is 2.18. The van der Waals surface area contributed by atoms with E-state index in [0.29, 0.717) is 18.7 Å². The Balaban J connectivity index is 0. The molecule has 0 unspecified atom stereocenters. The lowest BCUT2D eigenvalue weighted by molar-refractivity contribution is -0.117. The fourth-order valence-corrected chi connectivity index (χ4v) is 1.39. The highest BCUT2D eigenvalue weighted by atomic mass is 16.5. The Labute approximate surface area is 112 Å². The third kappa shape index (κ3) is 9.19. The van der Waals surface area contributed by atoms with Gasteiger partial charge in [-0.2, -0.15) is 0 Å². The summed E-state index contributed by atoms with van der Waals surface area (Å²) in [7, 11) is 0. The highest BCUT2D eigenvalue weighted by Crippen LogP contribution is 2.01. The van der Waals surface area contributed by atoms with Crippen molar-refractivity contribution in [3.8, 4) is 0 Å². The number of likely N-dealkylation sites (N-methyl/N-ethyl adjacent to an activating group) is 1. The topological polar surface area (TPSA) is 41.6 Å². The van der Waals surface area contributed by atoms with Crippen LogP contribution in [-0.2, 0) is 9.53 Å². The SMILES string of the molecule is C=C(CN1CCOCC1)C(=O)NCC.CC.CC. The zero-order chi connectivity index (χ0) is 14.4. The summed E-state index contributed by atoms with van der Waals surface area (Å²) < 4.78 is 5.22. The number of carbonyl (C=O) groups is 1. The molecular weight excluding hydrogens is 228 g/mol. The van der Waals surface area contributed by atoms with E-state index in [1.165, 1.54) is 0 Å². The predicted molar refractivity (Wildman–Crippen MR) is 77.8 cm³/mol. The number of morpholine rings is 1. The second kappa shape index (κ2) is 14.2. The van der Waals surface area contributed by atoms with Gasteiger partial charge in [0.15, 0.2) is 0 Å². The summed E-state index contributed by atoms with van der Waals surface area (Å²) in [5.41, 5.74) is 0.633. The van der Waals surface area contributed by atoms with Gasteiger partial charge >= 0.3 is 0 Å². The average Bonchev–Trinajstić information content (AvgIpc) is 2.44. The Morgan fingerprint density at radius 3 is 2.17 bits per heavy atom. The van der Waals surface area contributed by atoms with Crippen molar-refractivity contribution in [2.24, 2.45) is 0 Å². The number of nitrogens with one attached hydrogen (secondary N) is 1. The second-order valence-electron chi connectivity index (χ2n) is 3.35. The number of hydrogen-bond donors (Lipinski definition) is 1. The summed E-state index contributed by atoms with van der Waals surface area (Å²) in [6.45, 7) is 18.3. The zero-order valence-electron chi connectivity index (χ0n) is 12.7. The summed E-state index contributed by atoms with van der Waals surface area (Å²) in [5.74, 6) is -0.0426. The highest BCUT2D eigenvalue weighted by Gasteiger charge is 2.14. The van der Waals surface area contributed by atoms with Gasteiger partial charge in [0.2, 0.25) is 5.91 Å². The minimum Gasteiger partial charge on any atom is -0.379 e. The first-order chi connectivity index (χ1) is 8.74. The molecule has 1 heterocycles. The van der Waals surface area contributed by atoms with Crippen molar-refractivity contribution in [1.82, 2.24) is 10.2 Å². The van der Waals surface area contributed by atoms with Gasteiger partial charge < -0.3 is 10.1 Å². The van der Waals surface area contributed by atoms with E-state index in [9.17, 15) is 4.79 Å². The number of nitrogens with zero attached hydrogens (tertiary/aromatic N) is 1. The minimum absolute atomic E-state index is 0.0426. The molecule has 0 radical (unpaired) electrons. The largest absolute Gasteiger partial charge is 0.379 e. The van der Waals surface area contributed by atoms with Gasteiger partial charge in [0, 0.05) is 31.8 Å². The predicted octanol–water partition coefficient (Wildman–Crippen LogP) is 2.06. The molecule has 4 heteroatoms. The van der Waals surface area contributed by atoms with Gasteiger partial charge in [-0.15, -0.1) is 0 Å². The highest BCUT2D eigenvalue weighted by molar-refractivity contribution is 5.93. The Morgan fingerprint density at radius 2 is 1.72 bits per heavy atom.